The predicted molar refractivity (Wildman–Crippen MR) is 81.1 cm³/mol. The fourth-order valence-electron chi connectivity index (χ4n) is 1.66. The largest absolute Gasteiger partial charge is 0.309 e. The van der Waals surface area contributed by atoms with Gasteiger partial charge in [0.05, 0.1) is 2.88 Å². The molecule has 1 atom stereocenters. The molecule has 0 saturated carbocycles. The van der Waals surface area contributed by atoms with Gasteiger partial charge in [-0.15, -0.1) is 11.3 Å². The van der Waals surface area contributed by atoms with Gasteiger partial charge in [-0.25, -0.2) is 0 Å². The van der Waals surface area contributed by atoms with E-state index >= 15 is 0 Å². The standard InChI is InChI=1S/C12H21IN2S/c1-4-15(5-2)8-10(3)14-7-11-6-12(13)16-9-11/h6,9-10,14H,4-5,7-8H2,1-3H3. The van der Waals surface area contributed by atoms with Crippen molar-refractivity contribution in [2.45, 2.75) is 33.4 Å². The number of rotatable bonds is 7. The van der Waals surface area contributed by atoms with E-state index in [2.05, 4.69) is 65.0 Å². The second-order valence-corrected chi connectivity index (χ2v) is 6.83. The number of thiophene rings is 1. The summed E-state index contributed by atoms with van der Waals surface area (Å²) in [5.41, 5.74) is 1.40. The van der Waals surface area contributed by atoms with Crippen molar-refractivity contribution in [2.75, 3.05) is 19.6 Å². The first-order chi connectivity index (χ1) is 7.65. The van der Waals surface area contributed by atoms with Crippen LogP contribution in [0.1, 0.15) is 26.3 Å². The monoisotopic (exact) mass is 352 g/mol. The molecule has 92 valence electrons. The summed E-state index contributed by atoms with van der Waals surface area (Å²) in [5.74, 6) is 0. The van der Waals surface area contributed by atoms with Crippen molar-refractivity contribution >= 4 is 33.9 Å². The molecule has 4 heteroatoms. The van der Waals surface area contributed by atoms with E-state index in [-0.39, 0.29) is 0 Å². The lowest BCUT2D eigenvalue weighted by molar-refractivity contribution is 0.271. The van der Waals surface area contributed by atoms with Crippen molar-refractivity contribution in [3.05, 3.63) is 19.9 Å². The molecule has 0 aliphatic heterocycles. The minimum absolute atomic E-state index is 0.553. The van der Waals surface area contributed by atoms with Crippen LogP contribution in [-0.2, 0) is 6.54 Å². The van der Waals surface area contributed by atoms with E-state index in [1.165, 1.54) is 8.45 Å². The van der Waals surface area contributed by atoms with Crippen LogP contribution in [0.5, 0.6) is 0 Å². The first-order valence-electron chi connectivity index (χ1n) is 5.84. The molecule has 1 rings (SSSR count). The molecule has 0 saturated heterocycles. The van der Waals surface area contributed by atoms with Gasteiger partial charge in [0.15, 0.2) is 0 Å². The molecule has 0 aliphatic rings. The van der Waals surface area contributed by atoms with Gasteiger partial charge in [0.25, 0.3) is 0 Å². The third-order valence-electron chi connectivity index (χ3n) is 2.70. The Hall–Kier alpha value is 0.350. The maximum absolute atomic E-state index is 3.57. The van der Waals surface area contributed by atoms with E-state index in [9.17, 15) is 0 Å². The van der Waals surface area contributed by atoms with Crippen molar-refractivity contribution in [2.24, 2.45) is 0 Å². The summed E-state index contributed by atoms with van der Waals surface area (Å²) in [4.78, 5) is 2.45. The van der Waals surface area contributed by atoms with E-state index in [4.69, 9.17) is 0 Å². The quantitative estimate of drug-likeness (QED) is 0.759. The van der Waals surface area contributed by atoms with Crippen LogP contribution < -0.4 is 5.32 Å². The summed E-state index contributed by atoms with van der Waals surface area (Å²) in [6.07, 6.45) is 0. The molecule has 1 unspecified atom stereocenters. The molecule has 0 aliphatic carbocycles. The first-order valence-corrected chi connectivity index (χ1v) is 7.80. The van der Waals surface area contributed by atoms with Gasteiger partial charge in [-0.1, -0.05) is 13.8 Å². The average Bonchev–Trinajstić information content (AvgIpc) is 2.69. The number of nitrogens with one attached hydrogen (secondary N) is 1. The minimum Gasteiger partial charge on any atom is -0.309 e. The maximum atomic E-state index is 3.57. The highest BCUT2D eigenvalue weighted by Crippen LogP contribution is 2.16. The van der Waals surface area contributed by atoms with E-state index in [1.807, 2.05) is 11.3 Å². The maximum Gasteiger partial charge on any atom is 0.0656 e. The second-order valence-electron chi connectivity index (χ2n) is 4.03. The van der Waals surface area contributed by atoms with Crippen molar-refractivity contribution in [1.82, 2.24) is 10.2 Å². The van der Waals surface area contributed by atoms with Crippen LogP contribution >= 0.6 is 33.9 Å². The highest BCUT2D eigenvalue weighted by molar-refractivity contribution is 14.1. The van der Waals surface area contributed by atoms with Crippen molar-refractivity contribution in [3.63, 3.8) is 0 Å². The first kappa shape index (κ1) is 14.4. The Kier molecular flexibility index (Phi) is 6.87. The lowest BCUT2D eigenvalue weighted by Gasteiger charge is -2.23. The number of likely N-dealkylation sites (N-methyl/N-ethyl adjacent to an activating group) is 1. The Labute approximate surface area is 117 Å². The highest BCUT2D eigenvalue weighted by Gasteiger charge is 2.06. The fourth-order valence-corrected chi connectivity index (χ4v) is 3.08. The Morgan fingerprint density at radius 1 is 1.44 bits per heavy atom. The molecular formula is C12H21IN2S. The predicted octanol–water partition coefficient (Wildman–Crippen LogP) is 3.17. The highest BCUT2D eigenvalue weighted by atomic mass is 127. The third kappa shape index (κ3) is 5.12. The molecule has 0 bridgehead atoms. The number of hydrogen-bond acceptors (Lipinski definition) is 3. The fraction of sp³-hybridized carbons (Fsp3) is 0.667. The van der Waals surface area contributed by atoms with Gasteiger partial charge in [0, 0.05) is 19.1 Å². The summed E-state index contributed by atoms with van der Waals surface area (Å²) in [7, 11) is 0. The minimum atomic E-state index is 0.553. The van der Waals surface area contributed by atoms with Gasteiger partial charge < -0.3 is 10.2 Å². The van der Waals surface area contributed by atoms with Gasteiger partial charge in [-0.05, 0) is 59.6 Å². The molecule has 0 radical (unpaired) electrons. The van der Waals surface area contributed by atoms with E-state index in [0.717, 1.165) is 26.2 Å². The second kappa shape index (κ2) is 7.63. The van der Waals surface area contributed by atoms with E-state index in [0.29, 0.717) is 6.04 Å². The molecule has 2 nitrogen and oxygen atoms in total. The Bertz CT molecular complexity index is 297. The third-order valence-corrected chi connectivity index (χ3v) is 4.54. The molecule has 1 heterocycles. The molecule has 0 spiro atoms. The van der Waals surface area contributed by atoms with Crippen LogP contribution in [0.15, 0.2) is 11.4 Å². The van der Waals surface area contributed by atoms with Crippen LogP contribution in [0.3, 0.4) is 0 Å². The van der Waals surface area contributed by atoms with Gasteiger partial charge in [0.1, 0.15) is 0 Å². The zero-order valence-corrected chi connectivity index (χ0v) is 13.3. The lowest BCUT2D eigenvalue weighted by Crippen LogP contribution is -2.38. The van der Waals surface area contributed by atoms with Gasteiger partial charge >= 0.3 is 0 Å². The van der Waals surface area contributed by atoms with E-state index in [1.54, 1.807) is 0 Å². The summed E-state index contributed by atoms with van der Waals surface area (Å²) in [6, 6.07) is 2.81. The molecular weight excluding hydrogens is 331 g/mol. The van der Waals surface area contributed by atoms with Crippen LogP contribution in [0, 0.1) is 2.88 Å². The average molecular weight is 352 g/mol. The number of hydrogen-bond donors (Lipinski definition) is 1. The molecule has 16 heavy (non-hydrogen) atoms. The van der Waals surface area contributed by atoms with E-state index < -0.39 is 0 Å². The van der Waals surface area contributed by atoms with Crippen molar-refractivity contribution < 1.29 is 0 Å². The Morgan fingerprint density at radius 3 is 2.62 bits per heavy atom. The SMILES string of the molecule is CCN(CC)CC(C)NCc1csc(I)c1. The Balaban J connectivity index is 2.26. The van der Waals surface area contributed by atoms with Crippen LogP contribution in [0.25, 0.3) is 0 Å². The number of halogens is 1. The molecule has 1 aromatic rings. The lowest BCUT2D eigenvalue weighted by atomic mass is 10.2. The number of nitrogens with zero attached hydrogens (tertiary/aromatic N) is 1. The molecule has 1 N–H and O–H groups in total. The normalized spacial score (nSPS) is 13.3. The summed E-state index contributed by atoms with van der Waals surface area (Å²) in [5, 5.41) is 5.81. The van der Waals surface area contributed by atoms with Crippen LogP contribution in [0.4, 0.5) is 0 Å². The van der Waals surface area contributed by atoms with Crippen LogP contribution in [-0.4, -0.2) is 30.6 Å². The zero-order chi connectivity index (χ0) is 12.0. The summed E-state index contributed by atoms with van der Waals surface area (Å²) in [6.45, 7) is 11.1. The van der Waals surface area contributed by atoms with Gasteiger partial charge in [0.2, 0.25) is 0 Å². The van der Waals surface area contributed by atoms with Gasteiger partial charge in [-0.2, -0.15) is 0 Å². The van der Waals surface area contributed by atoms with Crippen molar-refractivity contribution in [3.8, 4) is 0 Å². The Morgan fingerprint density at radius 2 is 2.12 bits per heavy atom. The molecule has 0 fully saturated rings. The molecule has 0 amide bonds. The van der Waals surface area contributed by atoms with Crippen molar-refractivity contribution in [1.29, 1.82) is 0 Å². The topological polar surface area (TPSA) is 15.3 Å². The summed E-state index contributed by atoms with van der Waals surface area (Å²) < 4.78 is 1.37. The zero-order valence-electron chi connectivity index (χ0n) is 10.3. The van der Waals surface area contributed by atoms with Crippen LogP contribution in [0.2, 0.25) is 0 Å². The summed E-state index contributed by atoms with van der Waals surface area (Å²) >= 11 is 4.19. The van der Waals surface area contributed by atoms with Gasteiger partial charge in [-0.3, -0.25) is 0 Å². The molecule has 0 aromatic carbocycles. The molecule has 1 aromatic heterocycles. The smallest absolute Gasteiger partial charge is 0.0656 e.